The van der Waals surface area contributed by atoms with Crippen molar-refractivity contribution in [1.82, 2.24) is 0 Å². The van der Waals surface area contributed by atoms with Crippen molar-refractivity contribution in [2.45, 2.75) is 19.4 Å². The van der Waals surface area contributed by atoms with E-state index in [0.29, 0.717) is 0 Å². The molecule has 12 heavy (non-hydrogen) atoms. The van der Waals surface area contributed by atoms with Crippen LogP contribution in [-0.4, -0.2) is 11.9 Å². The quantitative estimate of drug-likeness (QED) is 0.631. The summed E-state index contributed by atoms with van der Waals surface area (Å²) in [5.74, 6) is 0.849. The van der Waals surface area contributed by atoms with Gasteiger partial charge >= 0.3 is 0 Å². The van der Waals surface area contributed by atoms with Gasteiger partial charge in [-0.2, -0.15) is 0 Å². The van der Waals surface area contributed by atoms with Gasteiger partial charge in [-0.1, -0.05) is 19.1 Å². The zero-order valence-electron chi connectivity index (χ0n) is 6.91. The molecule has 0 fully saturated rings. The van der Waals surface area contributed by atoms with Crippen molar-refractivity contribution in [3.8, 4) is 5.75 Å². The van der Waals surface area contributed by atoms with Gasteiger partial charge in [-0.15, -0.1) is 0 Å². The van der Waals surface area contributed by atoms with Crippen LogP contribution in [0, 0.1) is 0 Å². The van der Waals surface area contributed by atoms with Crippen LogP contribution in [0.15, 0.2) is 24.3 Å². The third-order valence-electron chi connectivity index (χ3n) is 2.08. The second-order valence-corrected chi connectivity index (χ2v) is 2.88. The molecule has 0 N–H and O–H groups in total. The number of para-hydroxylation sites is 1. The predicted molar refractivity (Wildman–Crippen MR) is 45.5 cm³/mol. The number of rotatable bonds is 1. The first-order valence-electron chi connectivity index (χ1n) is 4.13. The summed E-state index contributed by atoms with van der Waals surface area (Å²) in [6.07, 6.45) is 0.496. The summed E-state index contributed by atoms with van der Waals surface area (Å²) >= 11 is 0. The fourth-order valence-corrected chi connectivity index (χ4v) is 1.42. The van der Waals surface area contributed by atoms with E-state index in [2.05, 4.69) is 0 Å². The van der Waals surface area contributed by atoms with E-state index in [1.807, 2.05) is 31.2 Å². The Morgan fingerprint density at radius 3 is 2.83 bits per heavy atom. The lowest BCUT2D eigenvalue weighted by Crippen LogP contribution is -2.18. The Labute approximate surface area is 71.2 Å². The average Bonchev–Trinajstić information content (AvgIpc) is 2.44. The molecule has 0 aliphatic carbocycles. The molecule has 0 radical (unpaired) electrons. The molecule has 0 bridgehead atoms. The molecule has 0 saturated heterocycles. The summed E-state index contributed by atoms with van der Waals surface area (Å²) in [6, 6.07) is 7.39. The van der Waals surface area contributed by atoms with Crippen LogP contribution < -0.4 is 4.74 Å². The van der Waals surface area contributed by atoms with Gasteiger partial charge in [-0.25, -0.2) is 0 Å². The van der Waals surface area contributed by atoms with E-state index < -0.39 is 0 Å². The van der Waals surface area contributed by atoms with Crippen molar-refractivity contribution >= 4 is 5.78 Å². The Morgan fingerprint density at radius 2 is 2.17 bits per heavy atom. The molecule has 2 nitrogen and oxygen atoms in total. The molecule has 1 aliphatic heterocycles. The fraction of sp³-hybridized carbons (Fsp3) is 0.300. The van der Waals surface area contributed by atoms with E-state index in [1.165, 1.54) is 0 Å². The maximum absolute atomic E-state index is 11.5. The lowest BCUT2D eigenvalue weighted by molar-refractivity contribution is 0.0853. The van der Waals surface area contributed by atoms with Crippen LogP contribution in [0.4, 0.5) is 0 Å². The number of Topliss-reactive ketones (excluding diaryl/α,β-unsaturated/α-hetero) is 1. The number of fused-ring (bicyclic) bond motifs is 1. The molecule has 62 valence electrons. The van der Waals surface area contributed by atoms with Gasteiger partial charge in [0, 0.05) is 0 Å². The minimum Gasteiger partial charge on any atom is -0.482 e. The molecule has 1 aromatic rings. The molecule has 0 amide bonds. The lowest BCUT2D eigenvalue weighted by atomic mass is 10.1. The lowest BCUT2D eigenvalue weighted by Gasteiger charge is -2.03. The van der Waals surface area contributed by atoms with Crippen LogP contribution in [-0.2, 0) is 0 Å². The number of carbonyl (C=O) groups excluding carboxylic acids is 1. The van der Waals surface area contributed by atoms with Gasteiger partial charge in [0.15, 0.2) is 6.10 Å². The third-order valence-corrected chi connectivity index (χ3v) is 2.08. The zero-order valence-corrected chi connectivity index (χ0v) is 6.91. The molecule has 1 atom stereocenters. The molecule has 0 aromatic heterocycles. The minimum atomic E-state index is -0.248. The summed E-state index contributed by atoms with van der Waals surface area (Å²) in [4.78, 5) is 11.5. The number of carbonyl (C=O) groups is 1. The molecule has 0 unspecified atom stereocenters. The Hall–Kier alpha value is -1.31. The second-order valence-electron chi connectivity index (χ2n) is 2.88. The summed E-state index contributed by atoms with van der Waals surface area (Å²) in [5.41, 5.74) is 0.726. The van der Waals surface area contributed by atoms with Crippen LogP contribution in [0.3, 0.4) is 0 Å². The van der Waals surface area contributed by atoms with E-state index in [-0.39, 0.29) is 11.9 Å². The third kappa shape index (κ3) is 0.916. The summed E-state index contributed by atoms with van der Waals surface area (Å²) in [6.45, 7) is 1.95. The van der Waals surface area contributed by atoms with Crippen molar-refractivity contribution in [2.75, 3.05) is 0 Å². The average molecular weight is 162 g/mol. The van der Waals surface area contributed by atoms with Gasteiger partial charge in [0.1, 0.15) is 5.75 Å². The topological polar surface area (TPSA) is 26.3 Å². The first kappa shape index (κ1) is 7.35. The Bertz CT molecular complexity index is 317. The highest BCUT2D eigenvalue weighted by Gasteiger charge is 2.29. The maximum Gasteiger partial charge on any atom is 0.206 e. The van der Waals surface area contributed by atoms with E-state index in [9.17, 15) is 4.79 Å². The maximum atomic E-state index is 11.5. The standard InChI is InChI=1S/C10H10O2/c1-2-8-10(11)7-5-3-4-6-9(7)12-8/h3-6,8H,2H2,1H3/t8-/m0/s1. The molecular weight excluding hydrogens is 152 g/mol. The van der Waals surface area contributed by atoms with Gasteiger partial charge in [-0.3, -0.25) is 4.79 Å². The highest BCUT2D eigenvalue weighted by atomic mass is 16.5. The number of hydrogen-bond donors (Lipinski definition) is 0. The monoisotopic (exact) mass is 162 g/mol. The summed E-state index contributed by atoms with van der Waals surface area (Å²) < 4.78 is 5.42. The van der Waals surface area contributed by atoms with Crippen LogP contribution in [0.2, 0.25) is 0 Å². The van der Waals surface area contributed by atoms with Crippen molar-refractivity contribution in [3.63, 3.8) is 0 Å². The largest absolute Gasteiger partial charge is 0.482 e. The first-order valence-corrected chi connectivity index (χ1v) is 4.13. The molecule has 1 heterocycles. The SMILES string of the molecule is CC[C@@H]1Oc2ccccc2C1=O. The number of ether oxygens (including phenoxy) is 1. The van der Waals surface area contributed by atoms with Gasteiger partial charge in [0.2, 0.25) is 5.78 Å². The van der Waals surface area contributed by atoms with Gasteiger partial charge in [0.25, 0.3) is 0 Å². The fourth-order valence-electron chi connectivity index (χ4n) is 1.42. The predicted octanol–water partition coefficient (Wildman–Crippen LogP) is 2.04. The van der Waals surface area contributed by atoms with Crippen molar-refractivity contribution in [2.24, 2.45) is 0 Å². The first-order chi connectivity index (χ1) is 5.83. The highest BCUT2D eigenvalue weighted by Crippen LogP contribution is 2.28. The Kier molecular flexibility index (Phi) is 1.61. The molecule has 2 heteroatoms. The van der Waals surface area contributed by atoms with Crippen molar-refractivity contribution in [3.05, 3.63) is 29.8 Å². The second kappa shape index (κ2) is 2.63. The zero-order chi connectivity index (χ0) is 8.55. The van der Waals surface area contributed by atoms with E-state index in [1.54, 1.807) is 0 Å². The van der Waals surface area contributed by atoms with Gasteiger partial charge < -0.3 is 4.74 Å². The molecule has 1 aliphatic rings. The van der Waals surface area contributed by atoms with Crippen LogP contribution in [0.25, 0.3) is 0 Å². The minimum absolute atomic E-state index is 0.119. The molecule has 0 saturated carbocycles. The van der Waals surface area contributed by atoms with Crippen LogP contribution >= 0.6 is 0 Å². The Morgan fingerprint density at radius 1 is 1.42 bits per heavy atom. The summed E-state index contributed by atoms with van der Waals surface area (Å²) in [5, 5.41) is 0. The smallest absolute Gasteiger partial charge is 0.206 e. The van der Waals surface area contributed by atoms with E-state index >= 15 is 0 Å². The van der Waals surface area contributed by atoms with Gasteiger partial charge in [0.05, 0.1) is 5.56 Å². The summed E-state index contributed by atoms with van der Waals surface area (Å²) in [7, 11) is 0. The van der Waals surface area contributed by atoms with E-state index in [0.717, 1.165) is 17.7 Å². The van der Waals surface area contributed by atoms with Crippen molar-refractivity contribution < 1.29 is 9.53 Å². The number of ketones is 1. The normalized spacial score (nSPS) is 20.4. The van der Waals surface area contributed by atoms with E-state index in [4.69, 9.17) is 4.74 Å². The molecular formula is C10H10O2. The molecule has 1 aromatic carbocycles. The van der Waals surface area contributed by atoms with Crippen LogP contribution in [0.1, 0.15) is 23.7 Å². The number of benzene rings is 1. The van der Waals surface area contributed by atoms with Gasteiger partial charge in [-0.05, 0) is 18.6 Å². The molecule has 0 spiro atoms. The van der Waals surface area contributed by atoms with Crippen molar-refractivity contribution in [1.29, 1.82) is 0 Å². The Balaban J connectivity index is 2.42. The number of hydrogen-bond acceptors (Lipinski definition) is 2. The molecule has 2 rings (SSSR count). The van der Waals surface area contributed by atoms with Crippen LogP contribution in [0.5, 0.6) is 5.75 Å². The highest BCUT2D eigenvalue weighted by molar-refractivity contribution is 6.04.